The highest BCUT2D eigenvalue weighted by Gasteiger charge is 2.26. The van der Waals surface area contributed by atoms with Crippen LogP contribution in [-0.2, 0) is 26.0 Å². The molecule has 9 nitrogen and oxygen atoms in total. The second-order valence-corrected chi connectivity index (χ2v) is 10.6. The molecule has 0 saturated heterocycles. The molecule has 3 aromatic rings. The van der Waals surface area contributed by atoms with E-state index in [2.05, 4.69) is 10.4 Å². The van der Waals surface area contributed by atoms with Gasteiger partial charge in [-0.3, -0.25) is 0 Å². The first-order valence-corrected chi connectivity index (χ1v) is 11.7. The predicted molar refractivity (Wildman–Crippen MR) is 123 cm³/mol. The van der Waals surface area contributed by atoms with Crippen LogP contribution in [0.2, 0.25) is 0 Å². The van der Waals surface area contributed by atoms with Crippen molar-refractivity contribution >= 4 is 33.0 Å². The molecule has 2 N–H and O–H groups in total. The number of amides is 1. The lowest BCUT2D eigenvalue weighted by Crippen LogP contribution is -2.44. The second-order valence-electron chi connectivity index (χ2n) is 8.83. The Hall–Kier alpha value is -3.40. The fraction of sp³-hybridized carbons (Fsp3) is 0.348. The van der Waals surface area contributed by atoms with E-state index in [1.807, 2.05) is 6.92 Å². The zero-order valence-corrected chi connectivity index (χ0v) is 19.9. The van der Waals surface area contributed by atoms with Crippen LogP contribution in [0, 0.1) is 13.8 Å². The van der Waals surface area contributed by atoms with Gasteiger partial charge in [-0.15, -0.1) is 0 Å². The van der Waals surface area contributed by atoms with Gasteiger partial charge in [0.2, 0.25) is 0 Å². The Labute approximate surface area is 192 Å². The van der Waals surface area contributed by atoms with Crippen molar-refractivity contribution in [1.82, 2.24) is 14.5 Å². The number of nitrogens with zero attached hydrogens (tertiary/aromatic N) is 2. The summed E-state index contributed by atoms with van der Waals surface area (Å²) in [6.45, 7) is 8.68. The molecule has 0 radical (unpaired) electrons. The first-order valence-electron chi connectivity index (χ1n) is 10.3. The van der Waals surface area contributed by atoms with Gasteiger partial charge in [-0.2, -0.15) is 17.6 Å². The summed E-state index contributed by atoms with van der Waals surface area (Å²) in [5.74, 6) is -1.21. The number of nitrogens with one attached hydrogen (secondary N) is 1. The highest BCUT2D eigenvalue weighted by molar-refractivity contribution is 7.90. The molecule has 1 heterocycles. The van der Waals surface area contributed by atoms with Crippen molar-refractivity contribution in [2.24, 2.45) is 0 Å². The van der Waals surface area contributed by atoms with E-state index >= 15 is 0 Å². The Morgan fingerprint density at radius 2 is 1.76 bits per heavy atom. The lowest BCUT2D eigenvalue weighted by Gasteiger charge is -2.22. The number of carboxylic acids is 1. The van der Waals surface area contributed by atoms with Gasteiger partial charge < -0.3 is 15.2 Å². The number of ether oxygens (including phenoxy) is 1. The molecule has 33 heavy (non-hydrogen) atoms. The van der Waals surface area contributed by atoms with Crippen LogP contribution in [0.15, 0.2) is 47.5 Å². The van der Waals surface area contributed by atoms with Crippen LogP contribution in [0.5, 0.6) is 0 Å². The molecule has 0 aliphatic carbocycles. The van der Waals surface area contributed by atoms with Crippen LogP contribution in [0.3, 0.4) is 0 Å². The number of benzene rings is 2. The van der Waals surface area contributed by atoms with Gasteiger partial charge in [0, 0.05) is 11.8 Å². The van der Waals surface area contributed by atoms with E-state index in [-0.39, 0.29) is 11.3 Å². The Bertz CT molecular complexity index is 1300. The first-order chi connectivity index (χ1) is 15.3. The molecular weight excluding hydrogens is 446 g/mol. The third-order valence-electron chi connectivity index (χ3n) is 5.06. The largest absolute Gasteiger partial charge is 0.480 e. The molecule has 1 atom stereocenters. The second kappa shape index (κ2) is 8.86. The van der Waals surface area contributed by atoms with Crippen molar-refractivity contribution < 1.29 is 27.9 Å². The van der Waals surface area contributed by atoms with Gasteiger partial charge >= 0.3 is 12.1 Å². The van der Waals surface area contributed by atoms with Crippen molar-refractivity contribution in [1.29, 1.82) is 0 Å². The predicted octanol–water partition coefficient (Wildman–Crippen LogP) is 3.41. The van der Waals surface area contributed by atoms with Crippen LogP contribution >= 0.6 is 0 Å². The number of hydrogen-bond acceptors (Lipinski definition) is 6. The number of carbonyl (C=O) groups excluding carboxylic acids is 1. The molecular formula is C23H27N3O6S. The average Bonchev–Trinajstić information content (AvgIpc) is 3.14. The van der Waals surface area contributed by atoms with Crippen molar-refractivity contribution in [3.63, 3.8) is 0 Å². The highest BCUT2D eigenvalue weighted by Crippen LogP contribution is 2.26. The number of aryl methyl sites for hydroxylation is 2. The van der Waals surface area contributed by atoms with Crippen LogP contribution in [0.25, 0.3) is 10.9 Å². The van der Waals surface area contributed by atoms with Gasteiger partial charge in [0.25, 0.3) is 10.0 Å². The summed E-state index contributed by atoms with van der Waals surface area (Å²) in [6, 6.07) is 8.49. The van der Waals surface area contributed by atoms with E-state index < -0.39 is 33.7 Å². The number of fused-ring (bicyclic) bond motifs is 1. The van der Waals surface area contributed by atoms with Crippen LogP contribution in [0.4, 0.5) is 4.79 Å². The van der Waals surface area contributed by atoms with E-state index in [0.717, 1.165) is 9.65 Å². The molecule has 0 bridgehead atoms. The smallest absolute Gasteiger partial charge is 0.408 e. The number of aromatic nitrogens is 2. The molecule has 176 valence electrons. The van der Waals surface area contributed by atoms with Crippen molar-refractivity contribution in [3.8, 4) is 0 Å². The van der Waals surface area contributed by atoms with E-state index in [0.29, 0.717) is 22.0 Å². The van der Waals surface area contributed by atoms with Crippen molar-refractivity contribution in [2.45, 2.75) is 57.6 Å². The summed E-state index contributed by atoms with van der Waals surface area (Å²) in [6.07, 6.45) is 0.606. The molecule has 10 heteroatoms. The molecule has 3 rings (SSSR count). The number of hydrogen-bond donors (Lipinski definition) is 2. The number of aliphatic carboxylic acids is 1. The Morgan fingerprint density at radius 1 is 1.12 bits per heavy atom. The third kappa shape index (κ3) is 5.33. The van der Waals surface area contributed by atoms with Gasteiger partial charge in [0.05, 0.1) is 16.6 Å². The summed E-state index contributed by atoms with van der Waals surface area (Å²) < 4.78 is 32.3. The molecule has 0 aliphatic rings. The SMILES string of the molecule is Cc1ccc(S(=O)(=O)n2ncc3c(C)c(C[C@H](NC(=O)OC(C)(C)C)C(=O)O)ccc32)cc1. The van der Waals surface area contributed by atoms with Crippen LogP contribution < -0.4 is 5.32 Å². The minimum atomic E-state index is -3.90. The normalized spacial score (nSPS) is 13.0. The summed E-state index contributed by atoms with van der Waals surface area (Å²) in [4.78, 5) is 23.9. The van der Waals surface area contributed by atoms with Crippen molar-refractivity contribution in [2.75, 3.05) is 0 Å². The molecule has 1 amide bonds. The molecule has 1 aromatic heterocycles. The maximum Gasteiger partial charge on any atom is 0.408 e. The lowest BCUT2D eigenvalue weighted by atomic mass is 9.98. The Balaban J connectivity index is 1.92. The molecule has 0 aliphatic heterocycles. The van der Waals surface area contributed by atoms with Gasteiger partial charge in [0.15, 0.2) is 0 Å². The Kier molecular flexibility index (Phi) is 6.51. The van der Waals surface area contributed by atoms with Crippen LogP contribution in [0.1, 0.15) is 37.5 Å². The number of rotatable bonds is 6. The molecule has 0 fully saturated rings. The summed E-state index contributed by atoms with van der Waals surface area (Å²) >= 11 is 0. The van der Waals surface area contributed by atoms with E-state index in [9.17, 15) is 23.1 Å². The Morgan fingerprint density at radius 3 is 2.33 bits per heavy atom. The average molecular weight is 474 g/mol. The molecule has 0 spiro atoms. The van der Waals surface area contributed by atoms with Gasteiger partial charge in [-0.05, 0) is 63.9 Å². The monoisotopic (exact) mass is 473 g/mol. The maximum absolute atomic E-state index is 13.1. The lowest BCUT2D eigenvalue weighted by molar-refractivity contribution is -0.139. The topological polar surface area (TPSA) is 128 Å². The van der Waals surface area contributed by atoms with Crippen molar-refractivity contribution in [3.05, 3.63) is 59.3 Å². The quantitative estimate of drug-likeness (QED) is 0.561. The zero-order valence-electron chi connectivity index (χ0n) is 19.1. The van der Waals surface area contributed by atoms with Crippen LogP contribution in [-0.4, -0.2) is 46.4 Å². The molecule has 0 saturated carbocycles. The zero-order chi connectivity index (χ0) is 24.6. The fourth-order valence-corrected chi connectivity index (χ4v) is 4.62. The summed E-state index contributed by atoms with van der Waals surface area (Å²) in [5.41, 5.74) is 1.87. The fourth-order valence-electron chi connectivity index (χ4n) is 3.35. The minimum Gasteiger partial charge on any atom is -0.480 e. The highest BCUT2D eigenvalue weighted by atomic mass is 32.2. The number of alkyl carbamates (subject to hydrolysis) is 1. The molecule has 0 unspecified atom stereocenters. The van der Waals surface area contributed by atoms with E-state index in [4.69, 9.17) is 4.74 Å². The number of carboxylic acid groups (broad SMARTS) is 1. The summed E-state index contributed by atoms with van der Waals surface area (Å²) in [7, 11) is -3.90. The minimum absolute atomic E-state index is 0.00770. The van der Waals surface area contributed by atoms with E-state index in [1.165, 1.54) is 18.3 Å². The van der Waals surface area contributed by atoms with E-state index in [1.54, 1.807) is 52.0 Å². The molecule has 2 aromatic carbocycles. The number of carbonyl (C=O) groups is 2. The van der Waals surface area contributed by atoms with Gasteiger partial charge in [0.1, 0.15) is 11.6 Å². The van der Waals surface area contributed by atoms with Gasteiger partial charge in [-0.1, -0.05) is 23.8 Å². The summed E-state index contributed by atoms with van der Waals surface area (Å²) in [5, 5.41) is 16.6. The first kappa shape index (κ1) is 24.2. The van der Waals surface area contributed by atoms with Gasteiger partial charge in [-0.25, -0.2) is 9.59 Å². The third-order valence-corrected chi connectivity index (χ3v) is 6.68. The standard InChI is InChI=1S/C23H27N3O6S/c1-14-6-9-17(10-7-14)33(30,31)26-20-11-8-16(15(2)18(20)13-24-26)12-19(21(27)28)25-22(29)32-23(3,4)5/h6-11,13,19H,12H2,1-5H3,(H,25,29)(H,27,28)/t19-/m0/s1. The maximum atomic E-state index is 13.1.